The van der Waals surface area contributed by atoms with Gasteiger partial charge in [0, 0.05) is 54.4 Å². The summed E-state index contributed by atoms with van der Waals surface area (Å²) in [5.41, 5.74) is 3.49. The second kappa shape index (κ2) is 11.9. The van der Waals surface area contributed by atoms with E-state index < -0.39 is 0 Å². The van der Waals surface area contributed by atoms with Gasteiger partial charge in [-0.1, -0.05) is 18.2 Å². The van der Waals surface area contributed by atoms with Crippen molar-refractivity contribution in [1.29, 1.82) is 0 Å². The summed E-state index contributed by atoms with van der Waals surface area (Å²) in [5.74, 6) is 1.05. The Kier molecular flexibility index (Phi) is 8.30. The van der Waals surface area contributed by atoms with E-state index in [2.05, 4.69) is 32.8 Å². The molecule has 2 aromatic heterocycles. The number of aromatic amines is 1. The van der Waals surface area contributed by atoms with Crippen LogP contribution < -0.4 is 15.6 Å². The minimum atomic E-state index is -0.261. The Bertz CT molecular complexity index is 1450. The summed E-state index contributed by atoms with van der Waals surface area (Å²) in [5, 5.41) is 3.89. The molecule has 4 heterocycles. The van der Waals surface area contributed by atoms with Gasteiger partial charge in [-0.25, -0.2) is 0 Å². The Hall–Kier alpha value is -3.59. The standard InChI is InChI=1S/C31H41N5O4/c1-20-18-27(40-4)25(30(38)33-20)19-32-31(39)29-22(3)36(26-9-6-5-8-24(26)29)21(2)23-11-14-34(15-12-23)16-17-35-13-7-10-28(35)37/h5-6,8-9,18,21,23H,7,10-17,19H2,1-4H3,(H,32,39)(H,33,38)/t21-/m1/s1. The first-order valence-electron chi connectivity index (χ1n) is 14.4. The van der Waals surface area contributed by atoms with E-state index in [9.17, 15) is 14.4 Å². The number of pyridine rings is 1. The minimum Gasteiger partial charge on any atom is -0.496 e. The van der Waals surface area contributed by atoms with Gasteiger partial charge < -0.3 is 29.4 Å². The highest BCUT2D eigenvalue weighted by Crippen LogP contribution is 2.35. The maximum absolute atomic E-state index is 13.6. The van der Waals surface area contributed by atoms with E-state index in [1.165, 1.54) is 7.11 Å². The Morgan fingerprint density at radius 1 is 1.12 bits per heavy atom. The van der Waals surface area contributed by atoms with Crippen LogP contribution in [0.2, 0.25) is 0 Å². The summed E-state index contributed by atoms with van der Waals surface area (Å²) < 4.78 is 7.72. The molecular formula is C31H41N5O4. The molecule has 214 valence electrons. The van der Waals surface area contributed by atoms with Gasteiger partial charge in [0.15, 0.2) is 0 Å². The van der Waals surface area contributed by atoms with Crippen molar-refractivity contribution in [3.8, 4) is 5.75 Å². The molecule has 2 aliphatic heterocycles. The molecule has 2 fully saturated rings. The number of nitrogens with zero attached hydrogens (tertiary/aromatic N) is 3. The SMILES string of the molecule is COc1cc(C)[nH]c(=O)c1CNC(=O)c1c(C)n([C@H](C)C2CCN(CCN3CCCC3=O)CC2)c2ccccc12. The van der Waals surface area contributed by atoms with Crippen LogP contribution in [-0.2, 0) is 11.3 Å². The zero-order valence-electron chi connectivity index (χ0n) is 24.1. The average molecular weight is 548 g/mol. The third-order valence-electron chi connectivity index (χ3n) is 8.84. The normalized spacial score (nSPS) is 17.5. The number of rotatable bonds is 9. The molecule has 40 heavy (non-hydrogen) atoms. The Balaban J connectivity index is 1.30. The second-order valence-corrected chi connectivity index (χ2v) is 11.3. The minimum absolute atomic E-state index is 0.0770. The first-order chi connectivity index (χ1) is 19.3. The van der Waals surface area contributed by atoms with Crippen LogP contribution >= 0.6 is 0 Å². The molecule has 0 saturated carbocycles. The largest absolute Gasteiger partial charge is 0.496 e. The fourth-order valence-corrected chi connectivity index (χ4v) is 6.57. The number of benzene rings is 1. The highest BCUT2D eigenvalue weighted by Gasteiger charge is 2.30. The van der Waals surface area contributed by atoms with Crippen molar-refractivity contribution >= 4 is 22.7 Å². The van der Waals surface area contributed by atoms with Gasteiger partial charge in [0.2, 0.25) is 5.91 Å². The molecule has 1 aromatic carbocycles. The zero-order valence-corrected chi connectivity index (χ0v) is 24.1. The van der Waals surface area contributed by atoms with Gasteiger partial charge in [0.25, 0.3) is 11.5 Å². The number of carbonyl (C=O) groups excluding carboxylic acids is 2. The quantitative estimate of drug-likeness (QED) is 0.425. The Morgan fingerprint density at radius 2 is 1.88 bits per heavy atom. The molecule has 0 unspecified atom stereocenters. The van der Waals surface area contributed by atoms with Crippen molar-refractivity contribution in [2.45, 2.75) is 59.0 Å². The first kappa shape index (κ1) is 28.0. The number of hydrogen-bond donors (Lipinski definition) is 2. The molecule has 5 rings (SSSR count). The number of nitrogens with one attached hydrogen (secondary N) is 2. The highest BCUT2D eigenvalue weighted by molar-refractivity contribution is 6.08. The molecule has 0 radical (unpaired) electrons. The fourth-order valence-electron chi connectivity index (χ4n) is 6.57. The monoisotopic (exact) mass is 547 g/mol. The van der Waals surface area contributed by atoms with Crippen molar-refractivity contribution in [3.05, 3.63) is 63.2 Å². The second-order valence-electron chi connectivity index (χ2n) is 11.3. The van der Waals surface area contributed by atoms with Crippen LogP contribution in [0.15, 0.2) is 35.1 Å². The van der Waals surface area contributed by atoms with Gasteiger partial charge in [0.1, 0.15) is 5.75 Å². The van der Waals surface area contributed by atoms with Crippen LogP contribution in [0.1, 0.15) is 66.0 Å². The molecule has 9 heteroatoms. The molecule has 0 bridgehead atoms. The topological polar surface area (TPSA) is 99.7 Å². The lowest BCUT2D eigenvalue weighted by Gasteiger charge is -2.36. The van der Waals surface area contributed by atoms with E-state index in [0.717, 1.165) is 68.6 Å². The molecule has 2 saturated heterocycles. The molecule has 0 aliphatic carbocycles. The van der Waals surface area contributed by atoms with Gasteiger partial charge in [0.05, 0.1) is 24.8 Å². The molecular weight excluding hydrogens is 506 g/mol. The maximum atomic E-state index is 13.6. The lowest BCUT2D eigenvalue weighted by molar-refractivity contribution is -0.127. The number of para-hydroxylation sites is 1. The number of likely N-dealkylation sites (tertiary alicyclic amines) is 2. The van der Waals surface area contributed by atoms with E-state index in [0.29, 0.717) is 40.8 Å². The van der Waals surface area contributed by atoms with E-state index in [1.807, 2.05) is 30.0 Å². The zero-order chi connectivity index (χ0) is 28.4. The van der Waals surface area contributed by atoms with Crippen molar-refractivity contribution in [2.24, 2.45) is 5.92 Å². The van der Waals surface area contributed by atoms with Crippen molar-refractivity contribution < 1.29 is 14.3 Å². The summed E-state index contributed by atoms with van der Waals surface area (Å²) in [6.07, 6.45) is 3.85. The molecule has 2 aliphatic rings. The summed E-state index contributed by atoms with van der Waals surface area (Å²) in [4.78, 5) is 45.4. The van der Waals surface area contributed by atoms with Crippen LogP contribution in [0, 0.1) is 19.8 Å². The van der Waals surface area contributed by atoms with E-state index in [4.69, 9.17) is 4.74 Å². The van der Waals surface area contributed by atoms with Crippen LogP contribution in [-0.4, -0.2) is 71.0 Å². The van der Waals surface area contributed by atoms with Gasteiger partial charge in [-0.3, -0.25) is 14.4 Å². The molecule has 9 nitrogen and oxygen atoms in total. The predicted octanol–water partition coefficient (Wildman–Crippen LogP) is 3.78. The third kappa shape index (κ3) is 5.52. The number of aryl methyl sites for hydroxylation is 1. The number of fused-ring (bicyclic) bond motifs is 1. The van der Waals surface area contributed by atoms with Gasteiger partial charge in [-0.05, 0) is 71.2 Å². The average Bonchev–Trinajstić information content (AvgIpc) is 3.49. The van der Waals surface area contributed by atoms with Crippen LogP contribution in [0.3, 0.4) is 0 Å². The van der Waals surface area contributed by atoms with Gasteiger partial charge in [-0.15, -0.1) is 0 Å². The van der Waals surface area contributed by atoms with Gasteiger partial charge in [-0.2, -0.15) is 0 Å². The van der Waals surface area contributed by atoms with Crippen LogP contribution in [0.4, 0.5) is 0 Å². The lowest BCUT2D eigenvalue weighted by atomic mass is 9.90. The summed E-state index contributed by atoms with van der Waals surface area (Å²) in [7, 11) is 1.53. The summed E-state index contributed by atoms with van der Waals surface area (Å²) in [6, 6.07) is 10.1. The number of aromatic nitrogens is 2. The fraction of sp³-hybridized carbons (Fsp3) is 0.516. The van der Waals surface area contributed by atoms with Crippen molar-refractivity contribution in [2.75, 3.05) is 39.8 Å². The van der Waals surface area contributed by atoms with Crippen LogP contribution in [0.25, 0.3) is 10.9 Å². The maximum Gasteiger partial charge on any atom is 0.256 e. The molecule has 3 aromatic rings. The number of piperidine rings is 1. The number of ether oxygens (including phenoxy) is 1. The number of amides is 2. The predicted molar refractivity (Wildman–Crippen MR) is 156 cm³/mol. The van der Waals surface area contributed by atoms with Crippen molar-refractivity contribution in [3.63, 3.8) is 0 Å². The number of hydrogen-bond acceptors (Lipinski definition) is 5. The van der Waals surface area contributed by atoms with E-state index in [-0.39, 0.29) is 24.1 Å². The van der Waals surface area contributed by atoms with Gasteiger partial charge >= 0.3 is 0 Å². The summed E-state index contributed by atoms with van der Waals surface area (Å²) in [6.45, 7) is 10.9. The summed E-state index contributed by atoms with van der Waals surface area (Å²) >= 11 is 0. The Morgan fingerprint density at radius 3 is 2.58 bits per heavy atom. The highest BCUT2D eigenvalue weighted by atomic mass is 16.5. The third-order valence-corrected chi connectivity index (χ3v) is 8.84. The molecule has 2 N–H and O–H groups in total. The lowest BCUT2D eigenvalue weighted by Crippen LogP contribution is -2.41. The van der Waals surface area contributed by atoms with E-state index in [1.54, 1.807) is 13.0 Å². The molecule has 0 spiro atoms. The smallest absolute Gasteiger partial charge is 0.256 e. The van der Waals surface area contributed by atoms with Crippen molar-refractivity contribution in [1.82, 2.24) is 24.7 Å². The first-order valence-corrected chi connectivity index (χ1v) is 14.4. The van der Waals surface area contributed by atoms with Crippen LogP contribution in [0.5, 0.6) is 5.75 Å². The van der Waals surface area contributed by atoms with E-state index >= 15 is 0 Å². The number of methoxy groups -OCH3 is 1. The number of H-pyrrole nitrogens is 1. The molecule has 1 atom stereocenters. The Labute approximate surface area is 235 Å². The number of carbonyl (C=O) groups is 2. The molecule has 2 amide bonds.